The van der Waals surface area contributed by atoms with Crippen LogP contribution in [0.15, 0.2) is 23.6 Å². The summed E-state index contributed by atoms with van der Waals surface area (Å²) in [7, 11) is 1.93. The van der Waals surface area contributed by atoms with Gasteiger partial charge in [0.2, 0.25) is 0 Å². The molecule has 0 atom stereocenters. The summed E-state index contributed by atoms with van der Waals surface area (Å²) in [6, 6.07) is 6.07. The number of rotatable bonds is 5. The summed E-state index contributed by atoms with van der Waals surface area (Å²) in [5, 5.41) is 16.7. The number of anilines is 1. The Morgan fingerprint density at radius 1 is 1.18 bits per heavy atom. The standard InChI is InChI=1S/C12H16N4S/c1-9-5-8-17-12(9)10-3-4-11(16-15-10)14-7-6-13-2/h3-5,8,13H,6-7H2,1-2H3,(H,14,16). The first-order valence-electron chi connectivity index (χ1n) is 5.58. The van der Waals surface area contributed by atoms with Gasteiger partial charge in [-0.2, -0.15) is 0 Å². The molecular weight excluding hydrogens is 232 g/mol. The second-order valence-electron chi connectivity index (χ2n) is 3.77. The highest BCUT2D eigenvalue weighted by Gasteiger charge is 2.05. The second kappa shape index (κ2) is 5.75. The molecule has 90 valence electrons. The Bertz CT molecular complexity index is 464. The number of aryl methyl sites for hydroxylation is 1. The molecule has 4 nitrogen and oxygen atoms in total. The topological polar surface area (TPSA) is 49.8 Å². The predicted octanol–water partition coefficient (Wildman–Crippen LogP) is 2.14. The molecule has 0 aliphatic heterocycles. The van der Waals surface area contributed by atoms with Crippen molar-refractivity contribution in [1.29, 1.82) is 0 Å². The van der Waals surface area contributed by atoms with Gasteiger partial charge in [-0.1, -0.05) is 0 Å². The average molecular weight is 248 g/mol. The third kappa shape index (κ3) is 3.01. The van der Waals surface area contributed by atoms with Crippen LogP contribution in [0.2, 0.25) is 0 Å². The minimum atomic E-state index is 0.818. The van der Waals surface area contributed by atoms with E-state index in [2.05, 4.69) is 39.2 Å². The van der Waals surface area contributed by atoms with Gasteiger partial charge in [0.05, 0.1) is 4.88 Å². The predicted molar refractivity (Wildman–Crippen MR) is 72.5 cm³/mol. The molecule has 0 radical (unpaired) electrons. The van der Waals surface area contributed by atoms with Gasteiger partial charge in [-0.15, -0.1) is 21.5 Å². The van der Waals surface area contributed by atoms with E-state index in [-0.39, 0.29) is 0 Å². The van der Waals surface area contributed by atoms with Crippen molar-refractivity contribution >= 4 is 17.2 Å². The van der Waals surface area contributed by atoms with Crippen molar-refractivity contribution in [2.75, 3.05) is 25.5 Å². The lowest BCUT2D eigenvalue weighted by Crippen LogP contribution is -2.18. The first-order chi connectivity index (χ1) is 8.31. The average Bonchev–Trinajstić information content (AvgIpc) is 2.77. The minimum Gasteiger partial charge on any atom is -0.367 e. The maximum absolute atomic E-state index is 4.24. The van der Waals surface area contributed by atoms with Gasteiger partial charge < -0.3 is 10.6 Å². The van der Waals surface area contributed by atoms with E-state index >= 15 is 0 Å². The molecule has 0 fully saturated rings. The molecule has 0 aliphatic carbocycles. The van der Waals surface area contributed by atoms with Crippen molar-refractivity contribution in [3.8, 4) is 10.6 Å². The molecule has 2 aromatic heterocycles. The molecule has 17 heavy (non-hydrogen) atoms. The monoisotopic (exact) mass is 248 g/mol. The zero-order valence-electron chi connectivity index (χ0n) is 10.0. The first kappa shape index (κ1) is 12.0. The molecule has 0 unspecified atom stereocenters. The number of hydrogen-bond acceptors (Lipinski definition) is 5. The third-order valence-electron chi connectivity index (χ3n) is 2.44. The van der Waals surface area contributed by atoms with E-state index < -0.39 is 0 Å². The van der Waals surface area contributed by atoms with Gasteiger partial charge >= 0.3 is 0 Å². The smallest absolute Gasteiger partial charge is 0.148 e. The third-order valence-corrected chi connectivity index (χ3v) is 3.48. The van der Waals surface area contributed by atoms with Crippen molar-refractivity contribution in [3.63, 3.8) is 0 Å². The molecule has 2 aromatic rings. The SMILES string of the molecule is CNCCNc1ccc(-c2sccc2C)nn1. The number of nitrogens with zero attached hydrogens (tertiary/aromatic N) is 2. The maximum Gasteiger partial charge on any atom is 0.148 e. The molecule has 0 saturated heterocycles. The van der Waals surface area contributed by atoms with Gasteiger partial charge in [0.1, 0.15) is 11.5 Å². The van der Waals surface area contributed by atoms with Crippen molar-refractivity contribution < 1.29 is 0 Å². The van der Waals surface area contributed by atoms with Crippen LogP contribution in [-0.4, -0.2) is 30.3 Å². The van der Waals surface area contributed by atoms with Crippen LogP contribution in [0.3, 0.4) is 0 Å². The summed E-state index contributed by atoms with van der Waals surface area (Å²) < 4.78 is 0. The van der Waals surface area contributed by atoms with Crippen LogP contribution in [0, 0.1) is 6.92 Å². The van der Waals surface area contributed by atoms with Gasteiger partial charge in [-0.25, -0.2) is 0 Å². The summed E-state index contributed by atoms with van der Waals surface area (Å²) >= 11 is 1.70. The molecule has 0 aliphatic rings. The van der Waals surface area contributed by atoms with Gasteiger partial charge in [0.25, 0.3) is 0 Å². The summed E-state index contributed by atoms with van der Waals surface area (Å²) in [4.78, 5) is 1.19. The Labute approximate surface area is 105 Å². The lowest BCUT2D eigenvalue weighted by Gasteiger charge is -2.04. The number of thiophene rings is 1. The highest BCUT2D eigenvalue weighted by atomic mass is 32.1. The normalized spacial score (nSPS) is 10.5. The minimum absolute atomic E-state index is 0.818. The Kier molecular flexibility index (Phi) is 4.06. The molecule has 2 heterocycles. The Hall–Kier alpha value is -1.46. The molecule has 0 bridgehead atoms. The summed E-state index contributed by atoms with van der Waals surface area (Å²) in [6.07, 6.45) is 0. The van der Waals surface area contributed by atoms with E-state index in [1.165, 1.54) is 10.4 Å². The molecule has 2 N–H and O–H groups in total. The molecule has 5 heteroatoms. The van der Waals surface area contributed by atoms with E-state index in [0.29, 0.717) is 0 Å². The number of hydrogen-bond donors (Lipinski definition) is 2. The van der Waals surface area contributed by atoms with Gasteiger partial charge in [-0.3, -0.25) is 0 Å². The van der Waals surface area contributed by atoms with Crippen molar-refractivity contribution in [1.82, 2.24) is 15.5 Å². The highest BCUT2D eigenvalue weighted by Crippen LogP contribution is 2.26. The lowest BCUT2D eigenvalue weighted by molar-refractivity contribution is 0.818. The van der Waals surface area contributed by atoms with Gasteiger partial charge in [0, 0.05) is 13.1 Å². The molecular formula is C12H16N4S. The highest BCUT2D eigenvalue weighted by molar-refractivity contribution is 7.13. The van der Waals surface area contributed by atoms with E-state index in [1.807, 2.05) is 19.2 Å². The molecule has 0 aromatic carbocycles. The molecule has 0 saturated carbocycles. The van der Waals surface area contributed by atoms with Crippen LogP contribution in [0.4, 0.5) is 5.82 Å². The van der Waals surface area contributed by atoms with Crippen LogP contribution in [0.1, 0.15) is 5.56 Å². The fraction of sp³-hybridized carbons (Fsp3) is 0.333. The molecule has 0 spiro atoms. The van der Waals surface area contributed by atoms with E-state index in [9.17, 15) is 0 Å². The second-order valence-corrected chi connectivity index (χ2v) is 4.68. The van der Waals surface area contributed by atoms with Crippen LogP contribution in [0.25, 0.3) is 10.6 Å². The zero-order valence-corrected chi connectivity index (χ0v) is 10.8. The van der Waals surface area contributed by atoms with Crippen molar-refractivity contribution in [2.45, 2.75) is 6.92 Å². The van der Waals surface area contributed by atoms with Crippen molar-refractivity contribution in [3.05, 3.63) is 29.1 Å². The quantitative estimate of drug-likeness (QED) is 0.796. The Balaban J connectivity index is 2.06. The van der Waals surface area contributed by atoms with Crippen LogP contribution in [0.5, 0.6) is 0 Å². The maximum atomic E-state index is 4.24. The number of aromatic nitrogens is 2. The van der Waals surface area contributed by atoms with E-state index in [1.54, 1.807) is 11.3 Å². The first-order valence-corrected chi connectivity index (χ1v) is 6.46. The summed E-state index contributed by atoms with van der Waals surface area (Å²) in [5.41, 5.74) is 2.19. The Morgan fingerprint density at radius 2 is 2.06 bits per heavy atom. The van der Waals surface area contributed by atoms with Crippen LogP contribution in [-0.2, 0) is 0 Å². The summed E-state index contributed by atoms with van der Waals surface area (Å²) in [5.74, 6) is 0.818. The van der Waals surface area contributed by atoms with E-state index in [0.717, 1.165) is 24.6 Å². The van der Waals surface area contributed by atoms with Gasteiger partial charge in [0.15, 0.2) is 0 Å². The Morgan fingerprint density at radius 3 is 2.65 bits per heavy atom. The van der Waals surface area contributed by atoms with Crippen LogP contribution < -0.4 is 10.6 Å². The van der Waals surface area contributed by atoms with Crippen LogP contribution >= 0.6 is 11.3 Å². The lowest BCUT2D eigenvalue weighted by atomic mass is 10.2. The molecule has 2 rings (SSSR count). The zero-order chi connectivity index (χ0) is 12.1. The van der Waals surface area contributed by atoms with Crippen molar-refractivity contribution in [2.24, 2.45) is 0 Å². The van der Waals surface area contributed by atoms with Gasteiger partial charge in [-0.05, 0) is 43.1 Å². The number of nitrogens with one attached hydrogen (secondary N) is 2. The largest absolute Gasteiger partial charge is 0.367 e. The number of likely N-dealkylation sites (N-methyl/N-ethyl adjacent to an activating group) is 1. The fourth-order valence-electron chi connectivity index (χ4n) is 1.50. The molecule has 0 amide bonds. The fourth-order valence-corrected chi connectivity index (χ4v) is 2.39. The van der Waals surface area contributed by atoms with E-state index in [4.69, 9.17) is 0 Å². The summed E-state index contributed by atoms with van der Waals surface area (Å²) in [6.45, 7) is 3.85.